The van der Waals surface area contributed by atoms with E-state index in [1.807, 2.05) is 0 Å². The van der Waals surface area contributed by atoms with Crippen molar-refractivity contribution in [3.05, 3.63) is 68.3 Å². The van der Waals surface area contributed by atoms with Crippen molar-refractivity contribution < 1.29 is 4.74 Å². The maximum atomic E-state index is 12.9. The molecule has 0 fully saturated rings. The van der Waals surface area contributed by atoms with Crippen LogP contribution in [0, 0.1) is 0 Å². The van der Waals surface area contributed by atoms with Gasteiger partial charge in [-0.2, -0.15) is 4.98 Å². The van der Waals surface area contributed by atoms with Gasteiger partial charge in [0.05, 0.1) is 6.54 Å². The summed E-state index contributed by atoms with van der Waals surface area (Å²) in [5.74, 6) is 0. The van der Waals surface area contributed by atoms with E-state index in [4.69, 9.17) is 16.3 Å². The van der Waals surface area contributed by atoms with Gasteiger partial charge in [-0.05, 0) is 11.6 Å². The molecule has 7 nitrogen and oxygen atoms in total. The lowest BCUT2D eigenvalue weighted by atomic mass is 10.2. The summed E-state index contributed by atoms with van der Waals surface area (Å²) in [4.78, 5) is 29.8. The van der Waals surface area contributed by atoms with Crippen molar-refractivity contribution in [2.45, 2.75) is 6.54 Å². The third-order valence-electron chi connectivity index (χ3n) is 3.94. The quantitative estimate of drug-likeness (QED) is 0.649. The van der Waals surface area contributed by atoms with Gasteiger partial charge in [-0.25, -0.2) is 4.79 Å². The molecule has 0 radical (unpaired) electrons. The second-order valence-corrected chi connectivity index (χ2v) is 5.96. The Bertz CT molecular complexity index is 1080. The lowest BCUT2D eigenvalue weighted by molar-refractivity contribution is 0.324. The van der Waals surface area contributed by atoms with Crippen LogP contribution in [0.3, 0.4) is 0 Å². The van der Waals surface area contributed by atoms with Crippen LogP contribution in [-0.2, 0) is 20.6 Å². The molecule has 0 saturated heterocycles. The standard InChI is InChI=1S/C17H17ClN4O3/c1-4-9-25-16-19-14-13(20(16)2)15(23)22(17(24)21(14)3)10-11-7-5-6-8-12(11)18/h4-8H,1,9-10H2,2-3H3. The third-order valence-corrected chi connectivity index (χ3v) is 4.30. The van der Waals surface area contributed by atoms with E-state index in [0.29, 0.717) is 10.6 Å². The van der Waals surface area contributed by atoms with Crippen LogP contribution in [0.25, 0.3) is 11.2 Å². The van der Waals surface area contributed by atoms with Crippen LogP contribution in [0.4, 0.5) is 0 Å². The van der Waals surface area contributed by atoms with Gasteiger partial charge in [0.25, 0.3) is 11.6 Å². The molecule has 1 aromatic carbocycles. The number of hydrogen-bond acceptors (Lipinski definition) is 4. The summed E-state index contributed by atoms with van der Waals surface area (Å²) < 4.78 is 9.45. The molecule has 0 aliphatic heterocycles. The number of rotatable bonds is 5. The number of nitrogens with zero attached hydrogens (tertiary/aromatic N) is 4. The Hall–Kier alpha value is -2.80. The highest BCUT2D eigenvalue weighted by atomic mass is 35.5. The van der Waals surface area contributed by atoms with E-state index in [1.165, 1.54) is 9.13 Å². The molecule has 0 atom stereocenters. The van der Waals surface area contributed by atoms with Crippen molar-refractivity contribution in [2.75, 3.05) is 6.61 Å². The average Bonchev–Trinajstić information content (AvgIpc) is 2.93. The Balaban J connectivity index is 2.22. The molecule has 130 valence electrons. The molecule has 2 aromatic heterocycles. The molecule has 8 heteroatoms. The van der Waals surface area contributed by atoms with Gasteiger partial charge in [-0.15, -0.1) is 0 Å². The average molecular weight is 361 g/mol. The summed E-state index contributed by atoms with van der Waals surface area (Å²) in [5.41, 5.74) is 0.334. The first kappa shape index (κ1) is 17.0. The molecule has 3 aromatic rings. The highest BCUT2D eigenvalue weighted by molar-refractivity contribution is 6.31. The van der Waals surface area contributed by atoms with Crippen molar-refractivity contribution >= 4 is 22.8 Å². The van der Waals surface area contributed by atoms with Gasteiger partial charge < -0.3 is 4.74 Å². The highest BCUT2D eigenvalue weighted by Crippen LogP contribution is 2.17. The molecule has 0 aliphatic carbocycles. The number of benzene rings is 1. The van der Waals surface area contributed by atoms with Crippen molar-refractivity contribution in [2.24, 2.45) is 14.1 Å². The summed E-state index contributed by atoms with van der Waals surface area (Å²) in [6, 6.07) is 7.34. The number of halogens is 1. The lowest BCUT2D eigenvalue weighted by Crippen LogP contribution is -2.39. The Morgan fingerprint density at radius 3 is 2.64 bits per heavy atom. The van der Waals surface area contributed by atoms with Gasteiger partial charge in [0.2, 0.25) is 0 Å². The van der Waals surface area contributed by atoms with E-state index < -0.39 is 11.2 Å². The first-order chi connectivity index (χ1) is 12.0. The summed E-state index contributed by atoms with van der Waals surface area (Å²) in [6.45, 7) is 3.91. The normalized spacial score (nSPS) is 11.0. The first-order valence-electron chi connectivity index (χ1n) is 7.59. The molecule has 0 unspecified atom stereocenters. The number of imidazole rings is 1. The predicted octanol–water partition coefficient (Wildman–Crippen LogP) is 1.70. The van der Waals surface area contributed by atoms with Crippen LogP contribution in [0.5, 0.6) is 6.01 Å². The Labute approximate surface area is 148 Å². The van der Waals surface area contributed by atoms with Gasteiger partial charge in [0.1, 0.15) is 6.61 Å². The van der Waals surface area contributed by atoms with Crippen LogP contribution in [-0.4, -0.2) is 25.3 Å². The fraction of sp³-hybridized carbons (Fsp3) is 0.235. The van der Waals surface area contributed by atoms with Crippen molar-refractivity contribution in [1.29, 1.82) is 0 Å². The summed E-state index contributed by atoms with van der Waals surface area (Å²) in [6.07, 6.45) is 1.58. The Morgan fingerprint density at radius 2 is 1.96 bits per heavy atom. The second-order valence-electron chi connectivity index (χ2n) is 5.55. The highest BCUT2D eigenvalue weighted by Gasteiger charge is 2.19. The van der Waals surface area contributed by atoms with Gasteiger partial charge in [-0.1, -0.05) is 42.5 Å². The maximum Gasteiger partial charge on any atom is 0.332 e. The van der Waals surface area contributed by atoms with Gasteiger partial charge in [0.15, 0.2) is 11.2 Å². The van der Waals surface area contributed by atoms with Crippen molar-refractivity contribution in [3.8, 4) is 6.01 Å². The summed E-state index contributed by atoms with van der Waals surface area (Å²) in [7, 11) is 3.23. The van der Waals surface area contributed by atoms with E-state index in [-0.39, 0.29) is 30.3 Å². The first-order valence-corrected chi connectivity index (χ1v) is 7.96. The Kier molecular flexibility index (Phi) is 4.50. The van der Waals surface area contributed by atoms with E-state index in [2.05, 4.69) is 11.6 Å². The van der Waals surface area contributed by atoms with Crippen LogP contribution >= 0.6 is 11.6 Å². The smallest absolute Gasteiger partial charge is 0.332 e. The molecule has 0 saturated carbocycles. The lowest BCUT2D eigenvalue weighted by Gasteiger charge is -2.09. The van der Waals surface area contributed by atoms with Crippen molar-refractivity contribution in [1.82, 2.24) is 18.7 Å². The summed E-state index contributed by atoms with van der Waals surface area (Å²) >= 11 is 6.16. The third kappa shape index (κ3) is 2.87. The van der Waals surface area contributed by atoms with Crippen LogP contribution in [0.2, 0.25) is 5.02 Å². The summed E-state index contributed by atoms with van der Waals surface area (Å²) in [5, 5.41) is 0.497. The SMILES string of the molecule is C=CCOc1nc2c(c(=O)n(Cc3ccccc3Cl)c(=O)n2C)n1C. The second kappa shape index (κ2) is 6.60. The zero-order chi connectivity index (χ0) is 18.1. The molecular formula is C17H17ClN4O3. The molecule has 0 N–H and O–H groups in total. The molecule has 3 rings (SSSR count). The minimum Gasteiger partial charge on any atom is -0.460 e. The molecular weight excluding hydrogens is 344 g/mol. The van der Waals surface area contributed by atoms with Gasteiger partial charge in [-0.3, -0.25) is 18.5 Å². The van der Waals surface area contributed by atoms with Gasteiger partial charge >= 0.3 is 5.69 Å². The number of hydrogen-bond donors (Lipinski definition) is 0. The zero-order valence-electron chi connectivity index (χ0n) is 13.9. The van der Waals surface area contributed by atoms with E-state index in [1.54, 1.807) is 44.4 Å². The topological polar surface area (TPSA) is 71.1 Å². The van der Waals surface area contributed by atoms with Crippen molar-refractivity contribution in [3.63, 3.8) is 0 Å². The molecule has 25 heavy (non-hydrogen) atoms. The Morgan fingerprint density at radius 1 is 1.24 bits per heavy atom. The fourth-order valence-corrected chi connectivity index (χ4v) is 2.82. The minimum absolute atomic E-state index is 0.0785. The van der Waals surface area contributed by atoms with Crippen LogP contribution in [0.15, 0.2) is 46.5 Å². The number of aromatic nitrogens is 4. The molecule has 0 bridgehead atoms. The molecule has 0 spiro atoms. The van der Waals surface area contributed by atoms with E-state index >= 15 is 0 Å². The number of aryl methyl sites for hydroxylation is 2. The van der Waals surface area contributed by atoms with E-state index in [0.717, 1.165) is 4.57 Å². The minimum atomic E-state index is -0.467. The molecule has 0 aliphatic rings. The largest absolute Gasteiger partial charge is 0.460 e. The van der Waals surface area contributed by atoms with E-state index in [9.17, 15) is 9.59 Å². The number of fused-ring (bicyclic) bond motifs is 1. The van der Waals surface area contributed by atoms with Crippen LogP contribution < -0.4 is 16.0 Å². The molecule has 0 amide bonds. The fourth-order valence-electron chi connectivity index (χ4n) is 2.62. The van der Waals surface area contributed by atoms with Gasteiger partial charge in [0, 0.05) is 19.1 Å². The molecule has 2 heterocycles. The zero-order valence-corrected chi connectivity index (χ0v) is 14.7. The maximum absolute atomic E-state index is 12.9. The predicted molar refractivity (Wildman–Crippen MR) is 96.5 cm³/mol. The number of ether oxygens (including phenoxy) is 1. The van der Waals surface area contributed by atoms with Crippen LogP contribution in [0.1, 0.15) is 5.56 Å². The monoisotopic (exact) mass is 360 g/mol.